The van der Waals surface area contributed by atoms with Crippen molar-refractivity contribution in [3.8, 4) is 17.2 Å². The molecular weight excluding hydrogens is 346 g/mol. The highest BCUT2D eigenvalue weighted by Crippen LogP contribution is 2.25. The van der Waals surface area contributed by atoms with Gasteiger partial charge in [-0.25, -0.2) is 10.9 Å². The van der Waals surface area contributed by atoms with Gasteiger partial charge in [-0.1, -0.05) is 12.1 Å². The van der Waals surface area contributed by atoms with Crippen LogP contribution >= 0.6 is 0 Å². The van der Waals surface area contributed by atoms with Crippen molar-refractivity contribution in [1.82, 2.24) is 16.2 Å². The fourth-order valence-electron chi connectivity index (χ4n) is 3.11. The van der Waals surface area contributed by atoms with Crippen LogP contribution in [-0.4, -0.2) is 33.3 Å². The molecule has 7 nitrogen and oxygen atoms in total. The third-order valence-electron chi connectivity index (χ3n) is 4.68. The zero-order valence-corrected chi connectivity index (χ0v) is 15.7. The monoisotopic (exact) mass is 371 g/mol. The number of hydrogen-bond acceptors (Lipinski definition) is 6. The summed E-state index contributed by atoms with van der Waals surface area (Å²) in [7, 11) is 4.86. The van der Waals surface area contributed by atoms with E-state index in [0.717, 1.165) is 22.6 Å². The Labute approximate surface area is 159 Å². The van der Waals surface area contributed by atoms with E-state index in [2.05, 4.69) is 16.2 Å². The SMILES string of the molecule is COc1ccc(C2CC(C(=O)NCc3cc(OC)ccc3OC)NN2)cc1. The van der Waals surface area contributed by atoms with E-state index in [4.69, 9.17) is 14.2 Å². The van der Waals surface area contributed by atoms with Crippen LogP contribution in [-0.2, 0) is 11.3 Å². The minimum absolute atomic E-state index is 0.0663. The molecule has 27 heavy (non-hydrogen) atoms. The Hall–Kier alpha value is -2.77. The summed E-state index contributed by atoms with van der Waals surface area (Å²) in [4.78, 5) is 12.5. The van der Waals surface area contributed by atoms with Crippen LogP contribution in [0.15, 0.2) is 42.5 Å². The van der Waals surface area contributed by atoms with Gasteiger partial charge in [-0.15, -0.1) is 0 Å². The molecule has 1 amide bonds. The third-order valence-corrected chi connectivity index (χ3v) is 4.68. The number of rotatable bonds is 7. The van der Waals surface area contributed by atoms with Gasteiger partial charge < -0.3 is 19.5 Å². The molecule has 2 unspecified atom stereocenters. The maximum absolute atomic E-state index is 12.5. The first-order chi connectivity index (χ1) is 13.1. The molecule has 0 bridgehead atoms. The second kappa shape index (κ2) is 8.75. The van der Waals surface area contributed by atoms with Gasteiger partial charge in [-0.05, 0) is 42.3 Å². The first-order valence-electron chi connectivity index (χ1n) is 8.78. The Kier molecular flexibility index (Phi) is 6.16. The summed E-state index contributed by atoms with van der Waals surface area (Å²) in [5, 5.41) is 2.96. The molecule has 1 heterocycles. The normalized spacial score (nSPS) is 18.8. The molecule has 0 aliphatic carbocycles. The van der Waals surface area contributed by atoms with Crippen LogP contribution in [0, 0.1) is 0 Å². The molecule has 1 aliphatic rings. The van der Waals surface area contributed by atoms with Gasteiger partial charge in [0.1, 0.15) is 23.3 Å². The molecule has 1 aliphatic heterocycles. The van der Waals surface area contributed by atoms with Crippen molar-refractivity contribution in [3.63, 3.8) is 0 Å². The fourth-order valence-corrected chi connectivity index (χ4v) is 3.11. The standard InChI is InChI=1S/C20H25N3O4/c1-25-15-6-4-13(5-7-15)17-11-18(23-22-17)20(24)21-12-14-10-16(26-2)8-9-19(14)27-3/h4-10,17-18,22-23H,11-12H2,1-3H3,(H,21,24). The molecule has 1 saturated heterocycles. The minimum atomic E-state index is -0.311. The smallest absolute Gasteiger partial charge is 0.238 e. The van der Waals surface area contributed by atoms with E-state index in [9.17, 15) is 4.79 Å². The molecule has 0 saturated carbocycles. The molecule has 2 atom stereocenters. The maximum atomic E-state index is 12.5. The van der Waals surface area contributed by atoms with E-state index >= 15 is 0 Å². The van der Waals surface area contributed by atoms with Gasteiger partial charge in [0.05, 0.1) is 21.3 Å². The van der Waals surface area contributed by atoms with Crippen molar-refractivity contribution in [3.05, 3.63) is 53.6 Å². The summed E-state index contributed by atoms with van der Waals surface area (Å²) in [5.74, 6) is 2.18. The largest absolute Gasteiger partial charge is 0.497 e. The molecule has 1 fully saturated rings. The number of hydrogen-bond donors (Lipinski definition) is 3. The Bertz CT molecular complexity index is 779. The van der Waals surface area contributed by atoms with Gasteiger partial charge in [0.25, 0.3) is 0 Å². The predicted molar refractivity (Wildman–Crippen MR) is 102 cm³/mol. The highest BCUT2D eigenvalue weighted by atomic mass is 16.5. The first kappa shape index (κ1) is 19.0. The van der Waals surface area contributed by atoms with Gasteiger partial charge in [0, 0.05) is 18.2 Å². The fraction of sp³-hybridized carbons (Fsp3) is 0.350. The average molecular weight is 371 g/mol. The van der Waals surface area contributed by atoms with Crippen LogP contribution in [0.2, 0.25) is 0 Å². The molecular formula is C20H25N3O4. The van der Waals surface area contributed by atoms with Crippen molar-refractivity contribution in [2.75, 3.05) is 21.3 Å². The lowest BCUT2D eigenvalue weighted by atomic mass is 10.0. The molecule has 3 N–H and O–H groups in total. The van der Waals surface area contributed by atoms with E-state index in [1.807, 2.05) is 42.5 Å². The van der Waals surface area contributed by atoms with Gasteiger partial charge in [0.2, 0.25) is 5.91 Å². The summed E-state index contributed by atoms with van der Waals surface area (Å²) in [6.07, 6.45) is 0.660. The summed E-state index contributed by atoms with van der Waals surface area (Å²) < 4.78 is 15.8. The average Bonchev–Trinajstić information content (AvgIpc) is 3.22. The molecule has 3 rings (SSSR count). The number of benzene rings is 2. The van der Waals surface area contributed by atoms with E-state index in [1.54, 1.807) is 21.3 Å². The van der Waals surface area contributed by atoms with Crippen molar-refractivity contribution in [2.24, 2.45) is 0 Å². The Morgan fingerprint density at radius 3 is 2.37 bits per heavy atom. The summed E-state index contributed by atoms with van der Waals surface area (Å²) in [5.41, 5.74) is 8.22. The minimum Gasteiger partial charge on any atom is -0.497 e. The van der Waals surface area contributed by atoms with E-state index in [1.165, 1.54) is 0 Å². The lowest BCUT2D eigenvalue weighted by Gasteiger charge is -2.14. The third kappa shape index (κ3) is 4.50. The second-order valence-corrected chi connectivity index (χ2v) is 6.30. The zero-order valence-electron chi connectivity index (χ0n) is 15.7. The number of carbonyl (C=O) groups excluding carboxylic acids is 1. The maximum Gasteiger partial charge on any atom is 0.238 e. The molecule has 0 radical (unpaired) electrons. The number of amides is 1. The second-order valence-electron chi connectivity index (χ2n) is 6.30. The van der Waals surface area contributed by atoms with Crippen molar-refractivity contribution in [1.29, 1.82) is 0 Å². The van der Waals surface area contributed by atoms with Crippen LogP contribution < -0.4 is 30.4 Å². The molecule has 144 valence electrons. The number of nitrogens with one attached hydrogen (secondary N) is 3. The van der Waals surface area contributed by atoms with Crippen LogP contribution in [0.4, 0.5) is 0 Å². The summed E-state index contributed by atoms with van der Waals surface area (Å²) in [6.45, 7) is 0.366. The number of hydrazine groups is 1. The van der Waals surface area contributed by atoms with Crippen LogP contribution in [0.3, 0.4) is 0 Å². The number of methoxy groups -OCH3 is 3. The quantitative estimate of drug-likeness (QED) is 0.690. The van der Waals surface area contributed by atoms with Crippen LogP contribution in [0.5, 0.6) is 17.2 Å². The predicted octanol–water partition coefficient (Wildman–Crippen LogP) is 1.94. The topological polar surface area (TPSA) is 80.9 Å². The lowest BCUT2D eigenvalue weighted by Crippen LogP contribution is -2.42. The van der Waals surface area contributed by atoms with Crippen LogP contribution in [0.1, 0.15) is 23.6 Å². The Morgan fingerprint density at radius 1 is 1.00 bits per heavy atom. The molecule has 7 heteroatoms. The molecule has 2 aromatic rings. The van der Waals surface area contributed by atoms with Gasteiger partial charge >= 0.3 is 0 Å². The number of carbonyl (C=O) groups is 1. The lowest BCUT2D eigenvalue weighted by molar-refractivity contribution is -0.123. The molecule has 0 aromatic heterocycles. The van der Waals surface area contributed by atoms with E-state index in [0.29, 0.717) is 18.7 Å². The highest BCUT2D eigenvalue weighted by molar-refractivity contribution is 5.82. The van der Waals surface area contributed by atoms with E-state index in [-0.39, 0.29) is 18.0 Å². The Balaban J connectivity index is 1.57. The van der Waals surface area contributed by atoms with Crippen molar-refractivity contribution >= 4 is 5.91 Å². The number of ether oxygens (including phenoxy) is 3. The summed E-state index contributed by atoms with van der Waals surface area (Å²) in [6, 6.07) is 13.1. The van der Waals surface area contributed by atoms with Gasteiger partial charge in [-0.2, -0.15) is 0 Å². The van der Waals surface area contributed by atoms with Crippen molar-refractivity contribution in [2.45, 2.75) is 25.0 Å². The van der Waals surface area contributed by atoms with E-state index < -0.39 is 0 Å². The van der Waals surface area contributed by atoms with Crippen LogP contribution in [0.25, 0.3) is 0 Å². The highest BCUT2D eigenvalue weighted by Gasteiger charge is 2.30. The first-order valence-corrected chi connectivity index (χ1v) is 8.78. The van der Waals surface area contributed by atoms with Crippen molar-refractivity contribution < 1.29 is 19.0 Å². The molecule has 2 aromatic carbocycles. The summed E-state index contributed by atoms with van der Waals surface area (Å²) >= 11 is 0. The zero-order chi connectivity index (χ0) is 19.2. The van der Waals surface area contributed by atoms with Gasteiger partial charge in [0.15, 0.2) is 0 Å². The molecule has 0 spiro atoms. The Morgan fingerprint density at radius 2 is 1.70 bits per heavy atom. The van der Waals surface area contributed by atoms with Gasteiger partial charge in [-0.3, -0.25) is 4.79 Å².